The van der Waals surface area contributed by atoms with Gasteiger partial charge in [0, 0.05) is 0 Å². The summed E-state index contributed by atoms with van der Waals surface area (Å²) in [6.45, 7) is 2.61. The molecule has 0 unspecified atom stereocenters. The van der Waals surface area contributed by atoms with Crippen LogP contribution in [0.25, 0.3) is 10.2 Å². The average molecular weight is 281 g/mol. The summed E-state index contributed by atoms with van der Waals surface area (Å²) in [5, 5.41) is 0. The monoisotopic (exact) mass is 281 g/mol. The summed E-state index contributed by atoms with van der Waals surface area (Å²) in [7, 11) is 0. The summed E-state index contributed by atoms with van der Waals surface area (Å²) in [6, 6.07) is 5.47. The largest absolute Gasteiger partial charge is 0.462 e. The first-order chi connectivity index (χ1) is 8.70. The molecule has 0 aliphatic heterocycles. The van der Waals surface area contributed by atoms with Crippen LogP contribution in [-0.4, -0.2) is 17.6 Å². The highest BCUT2D eigenvalue weighted by Gasteiger charge is 2.08. The van der Waals surface area contributed by atoms with Gasteiger partial charge in [0.1, 0.15) is 0 Å². The van der Waals surface area contributed by atoms with Crippen LogP contribution in [0.2, 0.25) is 0 Å². The number of thiazole rings is 1. The second kappa shape index (κ2) is 6.11. The molecular weight excluding hydrogens is 266 g/mol. The molecule has 2 aromatic rings. The van der Waals surface area contributed by atoms with E-state index >= 15 is 0 Å². The molecule has 18 heavy (non-hydrogen) atoms. The van der Waals surface area contributed by atoms with Gasteiger partial charge in [0.05, 0.1) is 22.4 Å². The molecule has 0 aliphatic carbocycles. The Kier molecular flexibility index (Phi) is 4.49. The van der Waals surface area contributed by atoms with Crippen LogP contribution in [-0.2, 0) is 4.74 Å². The Morgan fingerprint density at radius 1 is 1.44 bits per heavy atom. The third-order valence-electron chi connectivity index (χ3n) is 2.64. The van der Waals surface area contributed by atoms with Gasteiger partial charge in [0.15, 0.2) is 3.95 Å². The zero-order valence-corrected chi connectivity index (χ0v) is 11.8. The van der Waals surface area contributed by atoms with Crippen molar-refractivity contribution in [1.29, 1.82) is 0 Å². The summed E-state index contributed by atoms with van der Waals surface area (Å²) in [4.78, 5) is 14.9. The number of hydrogen-bond acceptors (Lipinski definition) is 4. The number of carbonyl (C=O) groups is 1. The molecule has 0 saturated carbocycles. The summed E-state index contributed by atoms with van der Waals surface area (Å²) in [5.74, 6) is -0.265. The SMILES string of the molecule is CCCCCOC(=O)c1ccc2sc(=S)[nH]c2c1. The zero-order valence-electron chi connectivity index (χ0n) is 10.2. The minimum Gasteiger partial charge on any atom is -0.462 e. The highest BCUT2D eigenvalue weighted by molar-refractivity contribution is 7.73. The molecule has 0 amide bonds. The highest BCUT2D eigenvalue weighted by atomic mass is 32.1. The Bertz CT molecular complexity index is 600. The van der Waals surface area contributed by atoms with E-state index in [1.54, 1.807) is 12.1 Å². The van der Waals surface area contributed by atoms with Gasteiger partial charge in [-0.1, -0.05) is 19.8 Å². The smallest absolute Gasteiger partial charge is 0.338 e. The van der Waals surface area contributed by atoms with Gasteiger partial charge in [0.25, 0.3) is 0 Å². The van der Waals surface area contributed by atoms with Crippen molar-refractivity contribution in [1.82, 2.24) is 4.98 Å². The maximum absolute atomic E-state index is 11.8. The predicted octanol–water partition coefficient (Wildman–Crippen LogP) is 4.31. The standard InChI is InChI=1S/C13H15NO2S2/c1-2-3-4-7-16-12(15)9-5-6-11-10(8-9)14-13(17)18-11/h5-6,8H,2-4,7H2,1H3,(H,14,17). The van der Waals surface area contributed by atoms with E-state index in [0.29, 0.717) is 12.2 Å². The van der Waals surface area contributed by atoms with E-state index in [-0.39, 0.29) is 5.97 Å². The molecule has 1 aromatic heterocycles. The van der Waals surface area contributed by atoms with Crippen LogP contribution in [0.15, 0.2) is 18.2 Å². The van der Waals surface area contributed by atoms with Crippen LogP contribution in [0, 0.1) is 3.95 Å². The van der Waals surface area contributed by atoms with Crippen LogP contribution in [0.1, 0.15) is 36.5 Å². The number of esters is 1. The molecule has 3 nitrogen and oxygen atoms in total. The number of fused-ring (bicyclic) bond motifs is 1. The Hall–Kier alpha value is -1.20. The number of nitrogens with one attached hydrogen (secondary N) is 1. The normalized spacial score (nSPS) is 10.7. The molecule has 1 heterocycles. The fraction of sp³-hybridized carbons (Fsp3) is 0.385. The summed E-state index contributed by atoms with van der Waals surface area (Å²) in [6.07, 6.45) is 3.13. The first kappa shape index (κ1) is 13.2. The van der Waals surface area contributed by atoms with Gasteiger partial charge in [-0.15, -0.1) is 11.3 Å². The van der Waals surface area contributed by atoms with Crippen molar-refractivity contribution in [3.8, 4) is 0 Å². The second-order valence-electron chi connectivity index (χ2n) is 4.07. The average Bonchev–Trinajstić information content (AvgIpc) is 2.73. The summed E-state index contributed by atoms with van der Waals surface area (Å²) >= 11 is 6.57. The topological polar surface area (TPSA) is 42.1 Å². The molecule has 0 fully saturated rings. The number of H-pyrrole nitrogens is 1. The van der Waals surface area contributed by atoms with Gasteiger partial charge >= 0.3 is 5.97 Å². The molecule has 1 aromatic carbocycles. The number of hydrogen-bond donors (Lipinski definition) is 1. The number of carbonyl (C=O) groups excluding carboxylic acids is 1. The van der Waals surface area contributed by atoms with Crippen molar-refractivity contribution in [2.24, 2.45) is 0 Å². The Balaban J connectivity index is 2.05. The molecule has 0 bridgehead atoms. The predicted molar refractivity (Wildman–Crippen MR) is 76.8 cm³/mol. The van der Waals surface area contributed by atoms with Gasteiger partial charge in [-0.05, 0) is 36.8 Å². The number of rotatable bonds is 5. The van der Waals surface area contributed by atoms with E-state index in [1.807, 2.05) is 6.07 Å². The molecule has 2 rings (SSSR count). The second-order valence-corrected chi connectivity index (χ2v) is 5.79. The van der Waals surface area contributed by atoms with Crippen molar-refractivity contribution in [2.75, 3.05) is 6.61 Å². The molecule has 5 heteroatoms. The first-order valence-corrected chi connectivity index (χ1v) is 7.23. The van der Waals surface area contributed by atoms with Crippen molar-refractivity contribution >= 4 is 39.7 Å². The van der Waals surface area contributed by atoms with E-state index in [0.717, 1.165) is 33.4 Å². The maximum atomic E-state index is 11.8. The summed E-state index contributed by atoms with van der Waals surface area (Å²) in [5.41, 5.74) is 1.47. The van der Waals surface area contributed by atoms with Crippen molar-refractivity contribution in [3.63, 3.8) is 0 Å². The molecule has 0 saturated heterocycles. The van der Waals surface area contributed by atoms with E-state index < -0.39 is 0 Å². The minimum atomic E-state index is -0.265. The molecule has 96 valence electrons. The molecule has 1 N–H and O–H groups in total. The van der Waals surface area contributed by atoms with E-state index in [9.17, 15) is 4.79 Å². The minimum absolute atomic E-state index is 0.265. The summed E-state index contributed by atoms with van der Waals surface area (Å²) < 4.78 is 6.99. The molecular formula is C13H15NO2S2. The number of unbranched alkanes of at least 4 members (excludes halogenated alkanes) is 2. The number of aromatic nitrogens is 1. The highest BCUT2D eigenvalue weighted by Crippen LogP contribution is 2.20. The molecule has 0 aliphatic rings. The van der Waals surface area contributed by atoms with Gasteiger partial charge in [-0.2, -0.15) is 0 Å². The number of benzene rings is 1. The van der Waals surface area contributed by atoms with Crippen LogP contribution < -0.4 is 0 Å². The zero-order chi connectivity index (χ0) is 13.0. The van der Waals surface area contributed by atoms with Gasteiger partial charge in [0.2, 0.25) is 0 Å². The van der Waals surface area contributed by atoms with Crippen LogP contribution in [0.5, 0.6) is 0 Å². The Morgan fingerprint density at radius 3 is 3.06 bits per heavy atom. The maximum Gasteiger partial charge on any atom is 0.338 e. The third-order valence-corrected chi connectivity index (χ3v) is 3.85. The van der Waals surface area contributed by atoms with Gasteiger partial charge < -0.3 is 9.72 Å². The third kappa shape index (κ3) is 3.17. The van der Waals surface area contributed by atoms with Crippen LogP contribution >= 0.6 is 23.6 Å². The lowest BCUT2D eigenvalue weighted by Gasteiger charge is -2.04. The van der Waals surface area contributed by atoms with Crippen LogP contribution in [0.4, 0.5) is 0 Å². The van der Waals surface area contributed by atoms with E-state index in [4.69, 9.17) is 17.0 Å². The number of ether oxygens (including phenoxy) is 1. The first-order valence-electron chi connectivity index (χ1n) is 6.00. The van der Waals surface area contributed by atoms with Crippen molar-refractivity contribution < 1.29 is 9.53 Å². The Morgan fingerprint density at radius 2 is 2.28 bits per heavy atom. The fourth-order valence-corrected chi connectivity index (χ4v) is 2.78. The van der Waals surface area contributed by atoms with Gasteiger partial charge in [-0.3, -0.25) is 0 Å². The molecule has 0 spiro atoms. The fourth-order valence-electron chi connectivity index (χ4n) is 1.68. The number of aromatic amines is 1. The quantitative estimate of drug-likeness (QED) is 0.504. The molecule has 0 radical (unpaired) electrons. The van der Waals surface area contributed by atoms with E-state index in [2.05, 4.69) is 11.9 Å². The Labute approximate surface area is 115 Å². The molecule has 0 atom stereocenters. The van der Waals surface area contributed by atoms with Crippen LogP contribution in [0.3, 0.4) is 0 Å². The van der Waals surface area contributed by atoms with E-state index in [1.165, 1.54) is 11.3 Å². The van der Waals surface area contributed by atoms with Crippen molar-refractivity contribution in [2.45, 2.75) is 26.2 Å². The lowest BCUT2D eigenvalue weighted by atomic mass is 10.2. The lowest BCUT2D eigenvalue weighted by molar-refractivity contribution is 0.0498. The van der Waals surface area contributed by atoms with Crippen molar-refractivity contribution in [3.05, 3.63) is 27.7 Å². The lowest BCUT2D eigenvalue weighted by Crippen LogP contribution is -2.06. The van der Waals surface area contributed by atoms with Gasteiger partial charge in [-0.25, -0.2) is 4.79 Å².